The van der Waals surface area contributed by atoms with Crippen LogP contribution in [0.4, 0.5) is 0 Å². The van der Waals surface area contributed by atoms with E-state index in [1.54, 1.807) is 7.11 Å². The number of rotatable bonds is 9. The first-order chi connectivity index (χ1) is 28.0. The van der Waals surface area contributed by atoms with Gasteiger partial charge in [0.25, 0.3) is 0 Å². The molecular weight excluding hydrogens is 703 g/mol. The van der Waals surface area contributed by atoms with Crippen LogP contribution in [0.25, 0.3) is 33.7 Å². The number of methoxy groups -OCH3 is 1. The summed E-state index contributed by atoms with van der Waals surface area (Å²) in [6, 6.07) is 49.1. The molecule has 0 unspecified atom stereocenters. The highest BCUT2D eigenvalue weighted by molar-refractivity contribution is 5.82. The molecule has 8 heteroatoms. The topological polar surface area (TPSA) is 83.5 Å². The van der Waals surface area contributed by atoms with Crippen LogP contribution in [0, 0.1) is 18.8 Å². The van der Waals surface area contributed by atoms with Crippen molar-refractivity contribution in [1.29, 1.82) is 0 Å². The van der Waals surface area contributed by atoms with E-state index in [4.69, 9.17) is 25.0 Å². The van der Waals surface area contributed by atoms with Crippen LogP contribution < -0.4 is 0 Å². The number of fused-ring (bicyclic) bond motifs is 2. The molecule has 0 bridgehead atoms. The van der Waals surface area contributed by atoms with E-state index < -0.39 is 5.54 Å². The van der Waals surface area contributed by atoms with Crippen molar-refractivity contribution in [2.45, 2.75) is 57.7 Å². The Kier molecular flexibility index (Phi) is 9.53. The van der Waals surface area contributed by atoms with E-state index in [1.165, 1.54) is 11.1 Å². The minimum atomic E-state index is -0.856. The van der Waals surface area contributed by atoms with Gasteiger partial charge in [-0.1, -0.05) is 146 Å². The second-order valence-corrected chi connectivity index (χ2v) is 14.6. The molecular formula is C49H43N7O. The number of pyridine rings is 1. The molecule has 9 rings (SSSR count). The Morgan fingerprint density at radius 1 is 0.789 bits per heavy atom. The van der Waals surface area contributed by atoms with Crippen molar-refractivity contribution < 1.29 is 4.74 Å². The maximum absolute atomic E-state index is 5.37. The molecule has 8 nitrogen and oxygen atoms in total. The molecule has 8 aromatic rings. The first kappa shape index (κ1) is 36.0. The molecule has 0 saturated carbocycles. The monoisotopic (exact) mass is 745 g/mol. The first-order valence-electron chi connectivity index (χ1n) is 19.6. The highest BCUT2D eigenvalue weighted by atomic mass is 16.5. The number of tetrazole rings is 1. The highest BCUT2D eigenvalue weighted by Crippen LogP contribution is 2.45. The molecule has 57 heavy (non-hydrogen) atoms. The molecule has 280 valence electrons. The molecule has 0 radical (unpaired) electrons. The lowest BCUT2D eigenvalue weighted by Gasteiger charge is -2.36. The fraction of sp³-hybridized carbons (Fsp3) is 0.204. The van der Waals surface area contributed by atoms with Crippen molar-refractivity contribution in [3.63, 3.8) is 0 Å². The molecule has 3 aromatic heterocycles. The molecule has 2 atom stereocenters. The van der Waals surface area contributed by atoms with E-state index in [0.717, 1.165) is 80.9 Å². The van der Waals surface area contributed by atoms with Gasteiger partial charge in [-0.05, 0) is 93.6 Å². The minimum Gasteiger partial charge on any atom is -0.369 e. The predicted octanol–water partition coefficient (Wildman–Crippen LogP) is 9.38. The lowest BCUT2D eigenvalue weighted by atomic mass is 9.77. The third kappa shape index (κ3) is 6.21. The molecule has 5 aromatic carbocycles. The molecule has 1 aliphatic carbocycles. The number of ether oxygens (including phenoxy) is 1. The Hall–Kier alpha value is -6.69. The fourth-order valence-electron chi connectivity index (χ4n) is 8.58. The summed E-state index contributed by atoms with van der Waals surface area (Å²) in [5.74, 6) is 8.11. The van der Waals surface area contributed by atoms with Crippen molar-refractivity contribution in [2.24, 2.45) is 0 Å². The Morgan fingerprint density at radius 3 is 2.05 bits per heavy atom. The highest BCUT2D eigenvalue weighted by Gasteiger charge is 2.42. The largest absolute Gasteiger partial charge is 0.369 e. The first-order valence-corrected chi connectivity index (χ1v) is 19.6. The Morgan fingerprint density at radius 2 is 1.42 bits per heavy atom. The smallest absolute Gasteiger partial charge is 0.184 e. The van der Waals surface area contributed by atoms with Crippen LogP contribution in [0.3, 0.4) is 0 Å². The zero-order chi connectivity index (χ0) is 38.9. The molecule has 1 aliphatic rings. The summed E-state index contributed by atoms with van der Waals surface area (Å²) < 4.78 is 9.74. The number of aryl methyl sites for hydroxylation is 3. The summed E-state index contributed by atoms with van der Waals surface area (Å²) in [4.78, 5) is 10.2. The van der Waals surface area contributed by atoms with E-state index in [0.29, 0.717) is 5.82 Å². The van der Waals surface area contributed by atoms with E-state index >= 15 is 0 Å². The molecule has 0 spiro atoms. The average molecular weight is 746 g/mol. The summed E-state index contributed by atoms with van der Waals surface area (Å²) in [7, 11) is 1.67. The zero-order valence-corrected chi connectivity index (χ0v) is 32.6. The molecule has 0 amide bonds. The van der Waals surface area contributed by atoms with Gasteiger partial charge in [-0.25, -0.2) is 14.6 Å². The third-order valence-corrected chi connectivity index (χ3v) is 11.3. The van der Waals surface area contributed by atoms with Crippen LogP contribution >= 0.6 is 0 Å². The van der Waals surface area contributed by atoms with E-state index in [1.807, 2.05) is 35.9 Å². The number of imidazole rings is 1. The maximum atomic E-state index is 5.37. The lowest BCUT2D eigenvalue weighted by molar-refractivity contribution is 0.163. The number of hydrogen-bond acceptors (Lipinski definition) is 6. The third-order valence-electron chi connectivity index (χ3n) is 11.3. The van der Waals surface area contributed by atoms with Gasteiger partial charge < -0.3 is 9.30 Å². The minimum absolute atomic E-state index is 0.118. The summed E-state index contributed by atoms with van der Waals surface area (Å²) in [5, 5.41) is 14.0. The standard InChI is InChI=1S/C49H43N7O/c1-5-45-51-46-33(2)31-40(28-25-34(3)57-4)50-48(46)55(45)44-30-27-36-32-35(26-29-42(36)44)41-23-15-16-24-43(41)47-52-53-54-56(47)49(37-17-9-6-10-18-37,38-19-11-7-12-20-38)39-21-13-8-14-22-39/h6-24,26,29,31-32,34,44H,5,27,30H2,1-4H3/t34-,44-/m0/s1. The van der Waals surface area contributed by atoms with Crippen LogP contribution in [0.1, 0.15) is 71.2 Å². The predicted molar refractivity (Wildman–Crippen MR) is 225 cm³/mol. The average Bonchev–Trinajstić information content (AvgIpc) is 4.02. The summed E-state index contributed by atoms with van der Waals surface area (Å²) in [6.07, 6.45) is 2.54. The van der Waals surface area contributed by atoms with Crippen molar-refractivity contribution in [3.8, 4) is 34.4 Å². The zero-order valence-electron chi connectivity index (χ0n) is 32.6. The normalized spacial score (nSPS) is 14.3. The Bertz CT molecular complexity index is 2670. The van der Waals surface area contributed by atoms with Gasteiger partial charge in [0.05, 0.1) is 6.04 Å². The van der Waals surface area contributed by atoms with Gasteiger partial charge in [0.2, 0.25) is 0 Å². The second-order valence-electron chi connectivity index (χ2n) is 14.6. The van der Waals surface area contributed by atoms with Crippen molar-refractivity contribution in [1.82, 2.24) is 34.7 Å². The van der Waals surface area contributed by atoms with Crippen molar-refractivity contribution in [3.05, 3.63) is 184 Å². The van der Waals surface area contributed by atoms with Gasteiger partial charge in [0.1, 0.15) is 28.7 Å². The Balaban J connectivity index is 1.16. The molecule has 0 N–H and O–H groups in total. The summed E-state index contributed by atoms with van der Waals surface area (Å²) in [5.41, 5.74) is 11.7. The number of nitrogens with zero attached hydrogens (tertiary/aromatic N) is 7. The lowest BCUT2D eigenvalue weighted by Crippen LogP contribution is -2.39. The number of hydrogen-bond donors (Lipinski definition) is 0. The van der Waals surface area contributed by atoms with E-state index in [-0.39, 0.29) is 12.1 Å². The van der Waals surface area contributed by atoms with Gasteiger partial charge in [-0.3, -0.25) is 0 Å². The van der Waals surface area contributed by atoms with Crippen LogP contribution in [0.2, 0.25) is 0 Å². The fourth-order valence-corrected chi connectivity index (χ4v) is 8.58. The van der Waals surface area contributed by atoms with E-state index in [2.05, 4.69) is 151 Å². The molecule has 0 saturated heterocycles. The van der Waals surface area contributed by atoms with Crippen LogP contribution in [-0.4, -0.2) is 48.0 Å². The van der Waals surface area contributed by atoms with Crippen molar-refractivity contribution in [2.75, 3.05) is 7.11 Å². The number of benzene rings is 5. The van der Waals surface area contributed by atoms with Gasteiger partial charge in [-0.15, -0.1) is 5.10 Å². The van der Waals surface area contributed by atoms with Crippen LogP contribution in [-0.2, 0) is 23.1 Å². The van der Waals surface area contributed by atoms with Crippen LogP contribution in [0.5, 0.6) is 0 Å². The summed E-state index contributed by atoms with van der Waals surface area (Å²) >= 11 is 0. The SMILES string of the molecule is CCc1nc2c(C)cc(C#C[C@H](C)OC)nc2n1[C@H]1CCc2cc(-c3ccccc3-c3nnnn3C(c3ccccc3)(c3ccccc3)c3ccccc3)ccc21. The van der Waals surface area contributed by atoms with Gasteiger partial charge in [-0.2, -0.15) is 0 Å². The van der Waals surface area contributed by atoms with E-state index in [9.17, 15) is 0 Å². The molecule has 0 fully saturated rings. The van der Waals surface area contributed by atoms with Gasteiger partial charge >= 0.3 is 0 Å². The van der Waals surface area contributed by atoms with Crippen molar-refractivity contribution >= 4 is 11.2 Å². The quantitative estimate of drug-likeness (QED) is 0.108. The van der Waals surface area contributed by atoms with Crippen LogP contribution in [0.15, 0.2) is 140 Å². The second kappa shape index (κ2) is 15.1. The summed E-state index contributed by atoms with van der Waals surface area (Å²) in [6.45, 7) is 6.20. The van der Waals surface area contributed by atoms with Gasteiger partial charge in [0, 0.05) is 19.1 Å². The molecule has 3 heterocycles. The Labute approximate surface area is 333 Å². The number of aromatic nitrogens is 7. The van der Waals surface area contributed by atoms with Gasteiger partial charge in [0.15, 0.2) is 11.5 Å². The maximum Gasteiger partial charge on any atom is 0.184 e. The molecule has 0 aliphatic heterocycles.